The number of nitrogens with one attached hydrogen (secondary N) is 2. The van der Waals surface area contributed by atoms with Gasteiger partial charge < -0.3 is 24.9 Å². The van der Waals surface area contributed by atoms with Crippen LogP contribution in [0.4, 0.5) is 8.78 Å². The first-order valence-corrected chi connectivity index (χ1v) is 13.5. The zero-order valence-corrected chi connectivity index (χ0v) is 20.3. The summed E-state index contributed by atoms with van der Waals surface area (Å²) in [6.07, 6.45) is 1.63. The highest BCUT2D eigenvalue weighted by Gasteiger charge is 2.44. The smallest absolute Gasteiger partial charge is 0.257 e. The first kappa shape index (κ1) is 25.8. The van der Waals surface area contributed by atoms with Crippen LogP contribution in [0.1, 0.15) is 40.3 Å². The Balaban J connectivity index is 1.88. The van der Waals surface area contributed by atoms with Gasteiger partial charge in [0.2, 0.25) is 5.43 Å². The highest BCUT2D eigenvalue weighted by Crippen LogP contribution is 2.37. The summed E-state index contributed by atoms with van der Waals surface area (Å²) in [4.78, 5) is 38.5. The third-order valence-corrected chi connectivity index (χ3v) is 7.35. The largest absolute Gasteiger partial charge is 0.503 e. The van der Waals surface area contributed by atoms with Crippen molar-refractivity contribution in [3.8, 4) is 5.75 Å². The first-order chi connectivity index (χ1) is 15.7. The van der Waals surface area contributed by atoms with Crippen molar-refractivity contribution in [2.24, 2.45) is 5.41 Å². The minimum atomic E-state index is -2.27. The van der Waals surface area contributed by atoms with Crippen LogP contribution in [0.5, 0.6) is 5.75 Å². The Kier molecular flexibility index (Phi) is 7.15. The number of ketones is 1. The molecule has 1 aromatic heterocycles. The number of halogens is 2. The second-order valence-electron chi connectivity index (χ2n) is 9.49. The number of fused-ring (bicyclic) bond motifs is 1. The van der Waals surface area contributed by atoms with E-state index in [1.54, 1.807) is 27.2 Å². The standard InChI is InChI=1S/C23H28F2N3O5P/c1-23(2)17(26-7-8-34(3,4)33)12-28-11-15(19(29)20(30)18(28)21(23)31)22(32)27-10-13-5-6-14(24)9-16(13)25/h5-6,9,11,17,26,30H,7-8,10,12H2,1-4H3,(H,27,32). The third-order valence-electron chi connectivity index (χ3n) is 6.05. The number of amides is 1. The van der Waals surface area contributed by atoms with Crippen molar-refractivity contribution in [1.82, 2.24) is 15.2 Å². The number of carbonyl (C=O) groups excluding carboxylic acids is 2. The minimum absolute atomic E-state index is 0.0161. The van der Waals surface area contributed by atoms with Gasteiger partial charge in [0.25, 0.3) is 5.91 Å². The second kappa shape index (κ2) is 9.43. The minimum Gasteiger partial charge on any atom is -0.503 e. The number of carbonyl (C=O) groups is 2. The van der Waals surface area contributed by atoms with Gasteiger partial charge in [-0.05, 0) is 19.4 Å². The van der Waals surface area contributed by atoms with E-state index in [9.17, 15) is 32.8 Å². The van der Waals surface area contributed by atoms with Crippen molar-refractivity contribution in [3.63, 3.8) is 0 Å². The van der Waals surface area contributed by atoms with Gasteiger partial charge >= 0.3 is 0 Å². The zero-order chi connectivity index (χ0) is 25.4. The quantitative estimate of drug-likeness (QED) is 0.509. The molecule has 8 nitrogen and oxygen atoms in total. The molecule has 0 bridgehead atoms. The Morgan fingerprint density at radius 2 is 1.94 bits per heavy atom. The summed E-state index contributed by atoms with van der Waals surface area (Å²) in [5.41, 5.74) is -2.58. The van der Waals surface area contributed by atoms with Crippen LogP contribution in [0.25, 0.3) is 0 Å². The Hall–Kier alpha value is -2.84. The molecule has 184 valence electrons. The Morgan fingerprint density at radius 3 is 2.56 bits per heavy atom. The molecule has 1 aliphatic rings. The zero-order valence-electron chi connectivity index (χ0n) is 19.4. The van der Waals surface area contributed by atoms with Crippen LogP contribution < -0.4 is 16.1 Å². The summed E-state index contributed by atoms with van der Waals surface area (Å²) in [6.45, 7) is 7.00. The number of aromatic hydroxyl groups is 1. The van der Waals surface area contributed by atoms with Crippen LogP contribution in [0.3, 0.4) is 0 Å². The lowest BCUT2D eigenvalue weighted by molar-refractivity contribution is 0.0700. The van der Waals surface area contributed by atoms with E-state index in [4.69, 9.17) is 0 Å². The summed E-state index contributed by atoms with van der Waals surface area (Å²) >= 11 is 0. The van der Waals surface area contributed by atoms with Crippen LogP contribution in [-0.4, -0.2) is 53.4 Å². The number of hydrogen-bond acceptors (Lipinski definition) is 6. The van der Waals surface area contributed by atoms with Crippen molar-refractivity contribution >= 4 is 18.8 Å². The third kappa shape index (κ3) is 5.28. The number of aromatic nitrogens is 1. The van der Waals surface area contributed by atoms with Gasteiger partial charge in [-0.1, -0.05) is 19.9 Å². The molecule has 2 heterocycles. The number of Topliss-reactive ketones (excluding diaryl/α,β-unsaturated/α-hetero) is 1. The summed E-state index contributed by atoms with van der Waals surface area (Å²) in [5, 5.41) is 16.1. The lowest BCUT2D eigenvalue weighted by Gasteiger charge is -2.40. The fourth-order valence-electron chi connectivity index (χ4n) is 3.85. The SMILES string of the molecule is CC1(C)C(=O)c2c(O)c(=O)c(C(=O)NCc3ccc(F)cc3F)cn2CC1NCCP(C)(C)=O. The maximum atomic E-state index is 13.8. The fourth-order valence-corrected chi connectivity index (χ4v) is 4.51. The molecule has 0 aliphatic carbocycles. The number of pyridine rings is 1. The molecule has 1 amide bonds. The van der Waals surface area contributed by atoms with E-state index in [1.807, 2.05) is 0 Å². The molecule has 3 rings (SSSR count). The molecule has 0 saturated heterocycles. The molecule has 1 unspecified atom stereocenters. The molecule has 1 aliphatic heterocycles. The van der Waals surface area contributed by atoms with Crippen LogP contribution in [0, 0.1) is 17.0 Å². The highest BCUT2D eigenvalue weighted by atomic mass is 31.2. The molecule has 1 aromatic carbocycles. The topological polar surface area (TPSA) is 118 Å². The van der Waals surface area contributed by atoms with Crippen molar-refractivity contribution in [3.05, 3.63) is 63.1 Å². The lowest BCUT2D eigenvalue weighted by atomic mass is 9.75. The van der Waals surface area contributed by atoms with Crippen molar-refractivity contribution in [1.29, 1.82) is 0 Å². The summed E-state index contributed by atoms with van der Waals surface area (Å²) < 4.78 is 40.3. The molecule has 3 N–H and O–H groups in total. The van der Waals surface area contributed by atoms with E-state index in [1.165, 1.54) is 16.8 Å². The van der Waals surface area contributed by atoms with Gasteiger partial charge in [-0.15, -0.1) is 0 Å². The van der Waals surface area contributed by atoms with E-state index < -0.39 is 58.7 Å². The number of benzene rings is 1. The molecule has 34 heavy (non-hydrogen) atoms. The van der Waals surface area contributed by atoms with E-state index in [0.717, 1.165) is 6.07 Å². The van der Waals surface area contributed by atoms with Crippen molar-refractivity contribution < 1.29 is 28.0 Å². The van der Waals surface area contributed by atoms with Gasteiger partial charge in [0.1, 0.15) is 22.9 Å². The fraction of sp³-hybridized carbons (Fsp3) is 0.435. The molecule has 0 spiro atoms. The molecule has 2 aromatic rings. The van der Waals surface area contributed by atoms with E-state index in [2.05, 4.69) is 10.6 Å². The van der Waals surface area contributed by atoms with Gasteiger partial charge in [0.05, 0.1) is 7.14 Å². The van der Waals surface area contributed by atoms with E-state index in [0.29, 0.717) is 18.8 Å². The average molecular weight is 495 g/mol. The van der Waals surface area contributed by atoms with Crippen LogP contribution >= 0.6 is 7.14 Å². The van der Waals surface area contributed by atoms with Gasteiger partial charge in [0.15, 0.2) is 11.5 Å². The Morgan fingerprint density at radius 1 is 1.26 bits per heavy atom. The predicted octanol–water partition coefficient (Wildman–Crippen LogP) is 2.57. The van der Waals surface area contributed by atoms with Gasteiger partial charge in [0, 0.05) is 55.1 Å². The monoisotopic (exact) mass is 495 g/mol. The second-order valence-corrected chi connectivity index (χ2v) is 13.1. The average Bonchev–Trinajstić information content (AvgIpc) is 2.72. The van der Waals surface area contributed by atoms with Gasteiger partial charge in [-0.2, -0.15) is 0 Å². The van der Waals surface area contributed by atoms with Crippen LogP contribution in [0.2, 0.25) is 0 Å². The van der Waals surface area contributed by atoms with Gasteiger partial charge in [-0.3, -0.25) is 14.4 Å². The Bertz CT molecular complexity index is 1250. The number of nitrogens with zero attached hydrogens (tertiary/aromatic N) is 1. The number of hydrogen-bond donors (Lipinski definition) is 3. The first-order valence-electron chi connectivity index (χ1n) is 10.7. The normalized spacial score (nSPS) is 17.4. The highest BCUT2D eigenvalue weighted by molar-refractivity contribution is 7.62. The number of rotatable bonds is 7. The molecule has 0 fully saturated rings. The lowest BCUT2D eigenvalue weighted by Crippen LogP contribution is -2.54. The molecule has 1 atom stereocenters. The van der Waals surface area contributed by atoms with Crippen LogP contribution in [-0.2, 0) is 17.7 Å². The maximum absolute atomic E-state index is 13.8. The molecule has 0 radical (unpaired) electrons. The summed E-state index contributed by atoms with van der Waals surface area (Å²) in [7, 11) is -2.27. The Labute approximate surface area is 195 Å². The molecular formula is C23H28F2N3O5P. The predicted molar refractivity (Wildman–Crippen MR) is 124 cm³/mol. The maximum Gasteiger partial charge on any atom is 0.257 e. The van der Waals surface area contributed by atoms with Crippen LogP contribution in [0.15, 0.2) is 29.2 Å². The summed E-state index contributed by atoms with van der Waals surface area (Å²) in [6, 6.07) is 2.48. The summed E-state index contributed by atoms with van der Waals surface area (Å²) in [5.74, 6) is -3.79. The molecule has 0 saturated carbocycles. The van der Waals surface area contributed by atoms with E-state index >= 15 is 0 Å². The van der Waals surface area contributed by atoms with Crippen molar-refractivity contribution in [2.45, 2.75) is 33.0 Å². The van der Waals surface area contributed by atoms with Gasteiger partial charge in [-0.25, -0.2) is 8.78 Å². The molecular weight excluding hydrogens is 467 g/mol. The van der Waals surface area contributed by atoms with E-state index in [-0.39, 0.29) is 24.3 Å². The molecule has 11 heteroatoms. The van der Waals surface area contributed by atoms with Crippen molar-refractivity contribution in [2.75, 3.05) is 26.0 Å².